The highest BCUT2D eigenvalue weighted by Crippen LogP contribution is 2.41. The molecule has 3 aromatic rings. The van der Waals surface area contributed by atoms with Gasteiger partial charge in [0.15, 0.2) is 17.8 Å². The van der Waals surface area contributed by atoms with Crippen LogP contribution in [0.1, 0.15) is 28.3 Å². The summed E-state index contributed by atoms with van der Waals surface area (Å²) >= 11 is 5.97. The second-order valence-corrected chi connectivity index (χ2v) is 7.45. The fraction of sp³-hybridized carbons (Fsp3) is 0.0909. The number of nitrogens with two attached hydrogens (primary N) is 2. The van der Waals surface area contributed by atoms with Crippen molar-refractivity contribution in [3.63, 3.8) is 0 Å². The number of nitrogens with zero attached hydrogens (tertiary/aromatic N) is 4. The summed E-state index contributed by atoms with van der Waals surface area (Å²) in [6.07, 6.45) is 1.76. The molecule has 2 aromatic carbocycles. The fourth-order valence-electron chi connectivity index (χ4n) is 3.41. The van der Waals surface area contributed by atoms with Gasteiger partial charge in [-0.1, -0.05) is 29.8 Å². The summed E-state index contributed by atoms with van der Waals surface area (Å²) in [5, 5.41) is 24.1. The monoisotopic (exact) mass is 462 g/mol. The number of benzene rings is 2. The second-order valence-electron chi connectivity index (χ2n) is 7.01. The number of fused-ring (bicyclic) bond motifs is 1. The Morgan fingerprint density at radius 2 is 2.03 bits per heavy atom. The molecule has 1 unspecified atom stereocenters. The number of aliphatic imine (C=N–C) groups is 1. The lowest BCUT2D eigenvalue weighted by molar-refractivity contribution is 0.290. The average Bonchev–Trinajstić information content (AvgIpc) is 2.78. The molecule has 0 aliphatic carbocycles. The molecule has 0 fully saturated rings. The second kappa shape index (κ2) is 8.91. The number of guanidine groups is 1. The number of hydrogen-bond acceptors (Lipinski definition) is 9. The number of aromatic nitrogens is 1. The first-order valence-corrected chi connectivity index (χ1v) is 9.94. The van der Waals surface area contributed by atoms with Crippen molar-refractivity contribution in [3.05, 3.63) is 75.6 Å². The van der Waals surface area contributed by atoms with Gasteiger partial charge in [0.1, 0.15) is 35.9 Å². The van der Waals surface area contributed by atoms with Crippen LogP contribution in [0.3, 0.4) is 0 Å². The van der Waals surface area contributed by atoms with E-state index in [0.29, 0.717) is 16.1 Å². The summed E-state index contributed by atoms with van der Waals surface area (Å²) in [5.41, 5.74) is 13.6. The van der Waals surface area contributed by atoms with Crippen molar-refractivity contribution in [2.75, 3.05) is 16.8 Å². The Balaban J connectivity index is 1.70. The molecule has 0 saturated heterocycles. The minimum atomic E-state index is -0.853. The number of halogens is 2. The molecular weight excluding hydrogens is 447 g/mol. The minimum Gasteiger partial charge on any atom is -0.486 e. The van der Waals surface area contributed by atoms with E-state index < -0.39 is 11.9 Å². The SMILES string of the molecule is N#CNC1=NC(c2ccc(OCc3cccc(Cl)c3)c(F)c2)c2c(nc(N)c(C#N)c2N)N1. The smallest absolute Gasteiger partial charge is 0.211 e. The lowest BCUT2D eigenvalue weighted by atomic mass is 9.95. The van der Waals surface area contributed by atoms with Gasteiger partial charge in [-0.25, -0.2) is 14.4 Å². The summed E-state index contributed by atoms with van der Waals surface area (Å²) in [4.78, 5) is 8.57. The van der Waals surface area contributed by atoms with Crippen LogP contribution in [0, 0.1) is 28.6 Å². The Bertz CT molecular complexity index is 1360. The van der Waals surface area contributed by atoms with Crippen molar-refractivity contribution in [2.45, 2.75) is 12.6 Å². The molecule has 1 aliphatic heterocycles. The molecular formula is C22H16ClFN8O. The maximum atomic E-state index is 14.9. The Morgan fingerprint density at radius 1 is 1.21 bits per heavy atom. The van der Waals surface area contributed by atoms with E-state index in [1.165, 1.54) is 12.1 Å². The van der Waals surface area contributed by atoms with Crippen LogP contribution < -0.4 is 26.8 Å². The number of rotatable bonds is 4. The molecule has 0 radical (unpaired) electrons. The molecule has 1 aliphatic rings. The van der Waals surface area contributed by atoms with E-state index in [-0.39, 0.29) is 41.2 Å². The van der Waals surface area contributed by atoms with Crippen LogP contribution >= 0.6 is 11.6 Å². The number of anilines is 3. The summed E-state index contributed by atoms with van der Waals surface area (Å²) < 4.78 is 20.5. The molecule has 33 heavy (non-hydrogen) atoms. The Morgan fingerprint density at radius 3 is 2.73 bits per heavy atom. The largest absolute Gasteiger partial charge is 0.486 e. The topological polar surface area (TPSA) is 158 Å². The molecule has 2 heterocycles. The molecule has 11 heteroatoms. The third-order valence-corrected chi connectivity index (χ3v) is 5.15. The molecule has 0 bridgehead atoms. The van der Waals surface area contributed by atoms with E-state index in [1.807, 2.05) is 12.1 Å². The number of pyridine rings is 1. The number of nitrogens with one attached hydrogen (secondary N) is 2. The molecule has 1 aromatic heterocycles. The Kier molecular flexibility index (Phi) is 5.85. The zero-order valence-corrected chi connectivity index (χ0v) is 17.7. The van der Waals surface area contributed by atoms with E-state index in [4.69, 9.17) is 33.1 Å². The zero-order valence-electron chi connectivity index (χ0n) is 16.9. The van der Waals surface area contributed by atoms with Gasteiger partial charge in [-0.05, 0) is 35.4 Å². The van der Waals surface area contributed by atoms with Crippen LogP contribution in [0.25, 0.3) is 0 Å². The first-order valence-electron chi connectivity index (χ1n) is 9.56. The quantitative estimate of drug-likeness (QED) is 0.339. The van der Waals surface area contributed by atoms with E-state index in [2.05, 4.69) is 20.6 Å². The predicted octanol–water partition coefficient (Wildman–Crippen LogP) is 3.43. The Hall–Kier alpha value is -4.54. The van der Waals surface area contributed by atoms with Crippen molar-refractivity contribution >= 4 is 34.9 Å². The number of ether oxygens (including phenoxy) is 1. The fourth-order valence-corrected chi connectivity index (χ4v) is 3.63. The van der Waals surface area contributed by atoms with Crippen LogP contribution in [-0.4, -0.2) is 10.9 Å². The summed E-state index contributed by atoms with van der Waals surface area (Å²) in [6.45, 7) is 0.128. The molecule has 0 spiro atoms. The predicted molar refractivity (Wildman–Crippen MR) is 122 cm³/mol. The van der Waals surface area contributed by atoms with Crippen LogP contribution in [0.15, 0.2) is 47.5 Å². The van der Waals surface area contributed by atoms with Gasteiger partial charge in [0, 0.05) is 10.6 Å². The van der Waals surface area contributed by atoms with E-state index in [9.17, 15) is 9.65 Å². The summed E-state index contributed by atoms with van der Waals surface area (Å²) in [7, 11) is 0. The van der Waals surface area contributed by atoms with Gasteiger partial charge in [0.05, 0.1) is 5.69 Å². The molecule has 9 nitrogen and oxygen atoms in total. The van der Waals surface area contributed by atoms with Gasteiger partial charge in [0.25, 0.3) is 0 Å². The van der Waals surface area contributed by atoms with Crippen molar-refractivity contribution in [1.82, 2.24) is 10.3 Å². The van der Waals surface area contributed by atoms with E-state index in [0.717, 1.165) is 5.56 Å². The standard InChI is InChI=1S/C22H16ClFN8O/c23-13-3-1-2-11(6-13)9-33-16-5-4-12(7-15(16)24)19-17-18(27)14(8-25)20(28)31-21(17)32-22(30-19)29-10-26/h1-7,19H,9H2,(H6,27,28,29,30,31,32). The highest BCUT2D eigenvalue weighted by molar-refractivity contribution is 6.30. The van der Waals surface area contributed by atoms with Crippen molar-refractivity contribution in [1.29, 1.82) is 10.5 Å². The van der Waals surface area contributed by atoms with E-state index >= 15 is 0 Å². The lowest BCUT2D eigenvalue weighted by Crippen LogP contribution is -2.32. The maximum Gasteiger partial charge on any atom is 0.211 e. The van der Waals surface area contributed by atoms with Crippen LogP contribution in [0.4, 0.5) is 21.7 Å². The molecule has 4 rings (SSSR count). The van der Waals surface area contributed by atoms with Crippen molar-refractivity contribution < 1.29 is 9.13 Å². The minimum absolute atomic E-state index is 0.00519. The van der Waals surface area contributed by atoms with Gasteiger partial charge in [-0.3, -0.25) is 5.32 Å². The first kappa shape index (κ1) is 21.7. The van der Waals surface area contributed by atoms with Gasteiger partial charge in [0.2, 0.25) is 5.96 Å². The maximum absolute atomic E-state index is 14.9. The summed E-state index contributed by atoms with van der Waals surface area (Å²) in [6, 6.07) is 12.5. The molecule has 6 N–H and O–H groups in total. The Labute approximate surface area is 193 Å². The molecule has 164 valence electrons. The highest BCUT2D eigenvalue weighted by Gasteiger charge is 2.30. The lowest BCUT2D eigenvalue weighted by Gasteiger charge is -2.26. The molecule has 0 saturated carbocycles. The molecule has 1 atom stereocenters. The van der Waals surface area contributed by atoms with Crippen LogP contribution in [0.2, 0.25) is 5.02 Å². The molecule has 0 amide bonds. The average molecular weight is 463 g/mol. The van der Waals surface area contributed by atoms with Crippen LogP contribution in [-0.2, 0) is 6.61 Å². The summed E-state index contributed by atoms with van der Waals surface area (Å²) in [5.74, 6) is -0.374. The van der Waals surface area contributed by atoms with Gasteiger partial charge < -0.3 is 21.5 Å². The van der Waals surface area contributed by atoms with Gasteiger partial charge >= 0.3 is 0 Å². The third-order valence-electron chi connectivity index (χ3n) is 4.91. The van der Waals surface area contributed by atoms with Crippen LogP contribution in [0.5, 0.6) is 5.75 Å². The normalized spacial score (nSPS) is 14.2. The van der Waals surface area contributed by atoms with Crippen molar-refractivity contribution in [3.8, 4) is 18.0 Å². The van der Waals surface area contributed by atoms with Gasteiger partial charge in [-0.2, -0.15) is 10.5 Å². The number of nitriles is 2. The van der Waals surface area contributed by atoms with Gasteiger partial charge in [-0.15, -0.1) is 0 Å². The number of hydrogen-bond donors (Lipinski definition) is 4. The number of nitrogen functional groups attached to an aromatic ring is 2. The third kappa shape index (κ3) is 4.28. The van der Waals surface area contributed by atoms with Crippen molar-refractivity contribution in [2.24, 2.45) is 4.99 Å². The zero-order chi connectivity index (χ0) is 23.5. The first-order chi connectivity index (χ1) is 15.9. The highest BCUT2D eigenvalue weighted by atomic mass is 35.5. The van der Waals surface area contributed by atoms with E-state index in [1.54, 1.807) is 30.5 Å².